The molecule has 1 fully saturated rings. The Morgan fingerprint density at radius 2 is 2.25 bits per heavy atom. The Bertz CT molecular complexity index is 382. The highest BCUT2D eigenvalue weighted by atomic mass is 16.5. The van der Waals surface area contributed by atoms with Crippen molar-refractivity contribution in [2.45, 2.75) is 45.1 Å². The van der Waals surface area contributed by atoms with Crippen LogP contribution in [0.25, 0.3) is 6.08 Å². The van der Waals surface area contributed by atoms with E-state index in [0.29, 0.717) is 11.8 Å². The van der Waals surface area contributed by atoms with E-state index in [1.807, 2.05) is 19.1 Å². The summed E-state index contributed by atoms with van der Waals surface area (Å²) in [5, 5.41) is 4.03. The van der Waals surface area contributed by atoms with E-state index >= 15 is 0 Å². The molecule has 1 atom stereocenters. The van der Waals surface area contributed by atoms with E-state index in [1.165, 1.54) is 0 Å². The first-order chi connectivity index (χ1) is 7.61. The summed E-state index contributed by atoms with van der Waals surface area (Å²) in [4.78, 5) is 4.37. The summed E-state index contributed by atoms with van der Waals surface area (Å²) in [7, 11) is 0. The quantitative estimate of drug-likeness (QED) is 0.772. The number of rotatable bonds is 2. The molecular formula is C12H18N2O2. The third-order valence-corrected chi connectivity index (χ3v) is 2.83. The van der Waals surface area contributed by atoms with E-state index in [2.05, 4.69) is 24.0 Å². The first-order valence-corrected chi connectivity index (χ1v) is 5.71. The topological polar surface area (TPSA) is 48.2 Å². The first-order valence-electron chi connectivity index (χ1n) is 5.71. The Morgan fingerprint density at radius 3 is 2.94 bits per heavy atom. The fourth-order valence-electron chi connectivity index (χ4n) is 2.08. The summed E-state index contributed by atoms with van der Waals surface area (Å²) in [6.45, 7) is 6.91. The molecule has 0 saturated carbocycles. The Labute approximate surface area is 95.7 Å². The van der Waals surface area contributed by atoms with Crippen molar-refractivity contribution < 1.29 is 9.26 Å². The summed E-state index contributed by atoms with van der Waals surface area (Å²) in [5.41, 5.74) is -0.0791. The maximum absolute atomic E-state index is 5.67. The molecule has 2 rings (SSSR count). The molecule has 1 aliphatic rings. The zero-order valence-electron chi connectivity index (χ0n) is 10.1. The van der Waals surface area contributed by atoms with E-state index in [9.17, 15) is 0 Å². The van der Waals surface area contributed by atoms with Crippen LogP contribution in [0, 0.1) is 0 Å². The van der Waals surface area contributed by atoms with Gasteiger partial charge in [-0.1, -0.05) is 11.2 Å². The highest BCUT2D eigenvalue weighted by molar-refractivity contribution is 5.36. The van der Waals surface area contributed by atoms with E-state index < -0.39 is 0 Å². The van der Waals surface area contributed by atoms with Gasteiger partial charge in [0.25, 0.3) is 0 Å². The molecule has 0 bridgehead atoms. The molecule has 1 aromatic heterocycles. The van der Waals surface area contributed by atoms with Crippen molar-refractivity contribution in [1.29, 1.82) is 0 Å². The lowest BCUT2D eigenvalue weighted by atomic mass is 9.88. The van der Waals surface area contributed by atoms with Gasteiger partial charge in [0.2, 0.25) is 5.89 Å². The van der Waals surface area contributed by atoms with Crippen LogP contribution in [0.1, 0.15) is 51.2 Å². The van der Waals surface area contributed by atoms with Crippen molar-refractivity contribution in [3.8, 4) is 0 Å². The second kappa shape index (κ2) is 4.37. The van der Waals surface area contributed by atoms with Gasteiger partial charge in [0, 0.05) is 12.5 Å². The number of hydrogen-bond acceptors (Lipinski definition) is 4. The van der Waals surface area contributed by atoms with E-state index in [4.69, 9.17) is 9.26 Å². The fraction of sp³-hybridized carbons (Fsp3) is 0.667. The molecule has 1 unspecified atom stereocenters. The molecule has 4 nitrogen and oxygen atoms in total. The van der Waals surface area contributed by atoms with Gasteiger partial charge in [-0.3, -0.25) is 0 Å². The Kier molecular flexibility index (Phi) is 3.10. The normalized spacial score (nSPS) is 25.1. The van der Waals surface area contributed by atoms with Gasteiger partial charge >= 0.3 is 0 Å². The fourth-order valence-corrected chi connectivity index (χ4v) is 2.08. The van der Waals surface area contributed by atoms with Gasteiger partial charge in [-0.15, -0.1) is 0 Å². The molecule has 4 heteroatoms. The van der Waals surface area contributed by atoms with Crippen LogP contribution in [0.4, 0.5) is 0 Å². The molecule has 0 radical (unpaired) electrons. The zero-order valence-corrected chi connectivity index (χ0v) is 10.1. The van der Waals surface area contributed by atoms with Crippen molar-refractivity contribution in [3.63, 3.8) is 0 Å². The van der Waals surface area contributed by atoms with Crippen molar-refractivity contribution in [3.05, 3.63) is 17.8 Å². The summed E-state index contributed by atoms with van der Waals surface area (Å²) in [6, 6.07) is 0. The molecule has 0 aliphatic carbocycles. The molecule has 1 aliphatic heterocycles. The number of hydrogen-bond donors (Lipinski definition) is 0. The van der Waals surface area contributed by atoms with Crippen LogP contribution in [0.2, 0.25) is 0 Å². The predicted molar refractivity (Wildman–Crippen MR) is 61.0 cm³/mol. The summed E-state index contributed by atoms with van der Waals surface area (Å²) in [6.07, 6.45) is 5.63. The minimum atomic E-state index is -0.0791. The Morgan fingerprint density at radius 1 is 1.44 bits per heavy atom. The van der Waals surface area contributed by atoms with Gasteiger partial charge in [0.1, 0.15) is 0 Å². The van der Waals surface area contributed by atoms with E-state index in [0.717, 1.165) is 25.3 Å². The maximum Gasteiger partial charge on any atom is 0.250 e. The van der Waals surface area contributed by atoms with E-state index in [-0.39, 0.29) is 5.60 Å². The van der Waals surface area contributed by atoms with Gasteiger partial charge in [-0.25, -0.2) is 0 Å². The predicted octanol–water partition coefficient (Wildman–Crippen LogP) is 2.78. The average Bonchev–Trinajstić information content (AvgIpc) is 2.65. The highest BCUT2D eigenvalue weighted by Crippen LogP contribution is 2.34. The van der Waals surface area contributed by atoms with Crippen LogP contribution in [0.15, 0.2) is 10.6 Å². The van der Waals surface area contributed by atoms with Crippen molar-refractivity contribution in [2.75, 3.05) is 6.61 Å². The lowest BCUT2D eigenvalue weighted by molar-refractivity contribution is -0.0604. The molecule has 0 N–H and O–H groups in total. The van der Waals surface area contributed by atoms with Crippen LogP contribution in [-0.2, 0) is 4.74 Å². The van der Waals surface area contributed by atoms with Crippen LogP contribution in [0.3, 0.4) is 0 Å². The molecule has 16 heavy (non-hydrogen) atoms. The maximum atomic E-state index is 5.67. The third-order valence-electron chi connectivity index (χ3n) is 2.83. The van der Waals surface area contributed by atoms with Crippen molar-refractivity contribution in [1.82, 2.24) is 10.1 Å². The third kappa shape index (κ3) is 2.50. The number of ether oxygens (including phenoxy) is 1. The minimum absolute atomic E-state index is 0.0791. The lowest BCUT2D eigenvalue weighted by Gasteiger charge is -2.34. The summed E-state index contributed by atoms with van der Waals surface area (Å²) >= 11 is 0. The standard InChI is InChI=1S/C12H18N2O2/c1-4-5-10-13-11(14-16-10)9-6-7-15-12(2,3)8-9/h4-5,9H,6-8H2,1-3H3/b5-4+. The number of allylic oxidation sites excluding steroid dienone is 1. The van der Waals surface area contributed by atoms with Crippen molar-refractivity contribution in [2.24, 2.45) is 0 Å². The summed E-state index contributed by atoms with van der Waals surface area (Å²) in [5.74, 6) is 1.75. The van der Waals surface area contributed by atoms with Crippen molar-refractivity contribution >= 4 is 6.08 Å². The van der Waals surface area contributed by atoms with Crippen LogP contribution in [-0.4, -0.2) is 22.3 Å². The Hall–Kier alpha value is -1.16. The molecule has 1 aromatic rings. The van der Waals surface area contributed by atoms with E-state index in [1.54, 1.807) is 0 Å². The first kappa shape index (κ1) is 11.3. The second-order valence-electron chi connectivity index (χ2n) is 4.79. The molecule has 0 aromatic carbocycles. The molecular weight excluding hydrogens is 204 g/mol. The lowest BCUT2D eigenvalue weighted by Crippen LogP contribution is -2.33. The monoisotopic (exact) mass is 222 g/mol. The molecule has 0 amide bonds. The van der Waals surface area contributed by atoms with Gasteiger partial charge in [-0.05, 0) is 39.7 Å². The number of aromatic nitrogens is 2. The van der Waals surface area contributed by atoms with Crippen LogP contribution in [0.5, 0.6) is 0 Å². The molecule has 2 heterocycles. The van der Waals surface area contributed by atoms with Crippen LogP contribution < -0.4 is 0 Å². The van der Waals surface area contributed by atoms with Gasteiger partial charge < -0.3 is 9.26 Å². The molecule has 0 spiro atoms. The largest absolute Gasteiger partial charge is 0.376 e. The second-order valence-corrected chi connectivity index (χ2v) is 4.79. The highest BCUT2D eigenvalue weighted by Gasteiger charge is 2.32. The smallest absolute Gasteiger partial charge is 0.250 e. The van der Waals surface area contributed by atoms with Gasteiger partial charge in [0.05, 0.1) is 5.60 Å². The molecule has 1 saturated heterocycles. The van der Waals surface area contributed by atoms with Crippen LogP contribution >= 0.6 is 0 Å². The molecule has 88 valence electrons. The summed E-state index contributed by atoms with van der Waals surface area (Å²) < 4.78 is 10.8. The SMILES string of the molecule is C/C=C/c1nc(C2CCOC(C)(C)C2)no1. The average molecular weight is 222 g/mol. The zero-order chi connectivity index (χ0) is 11.6. The number of nitrogens with zero attached hydrogens (tertiary/aromatic N) is 2. The Balaban J connectivity index is 2.11. The minimum Gasteiger partial charge on any atom is -0.376 e. The van der Waals surface area contributed by atoms with Gasteiger partial charge in [0.15, 0.2) is 5.82 Å². The van der Waals surface area contributed by atoms with Gasteiger partial charge in [-0.2, -0.15) is 4.98 Å².